The number of rotatable bonds is 5. The fourth-order valence-corrected chi connectivity index (χ4v) is 3.33. The number of likely N-dealkylation sites (tertiary alicyclic amines) is 1. The molecule has 1 aliphatic heterocycles. The van der Waals surface area contributed by atoms with Crippen LogP contribution in [-0.2, 0) is 6.42 Å². The van der Waals surface area contributed by atoms with Gasteiger partial charge >= 0.3 is 0 Å². The summed E-state index contributed by atoms with van der Waals surface area (Å²) < 4.78 is 0. The second-order valence-corrected chi connectivity index (χ2v) is 6.41. The minimum absolute atomic E-state index is 0.271. The highest BCUT2D eigenvalue weighted by atomic mass is 16.3. The first-order chi connectivity index (χ1) is 9.12. The molecule has 0 spiro atoms. The van der Waals surface area contributed by atoms with Gasteiger partial charge in [-0.1, -0.05) is 30.3 Å². The molecule has 0 radical (unpaired) electrons. The monoisotopic (exact) mass is 261 g/mol. The molecule has 1 atom stereocenters. The van der Waals surface area contributed by atoms with Crippen molar-refractivity contribution in [2.24, 2.45) is 5.92 Å². The highest BCUT2D eigenvalue weighted by Crippen LogP contribution is 2.33. The Kier molecular flexibility index (Phi) is 5.00. The lowest BCUT2D eigenvalue weighted by Crippen LogP contribution is -2.50. The van der Waals surface area contributed by atoms with Gasteiger partial charge in [0.05, 0.1) is 0 Å². The molecule has 0 saturated carbocycles. The lowest BCUT2D eigenvalue weighted by atomic mass is 9.81. The van der Waals surface area contributed by atoms with Gasteiger partial charge in [0, 0.05) is 18.7 Å². The molecule has 0 aromatic heterocycles. The van der Waals surface area contributed by atoms with Crippen LogP contribution in [0.15, 0.2) is 30.3 Å². The van der Waals surface area contributed by atoms with Gasteiger partial charge in [0.1, 0.15) is 0 Å². The lowest BCUT2D eigenvalue weighted by Gasteiger charge is -2.46. The van der Waals surface area contributed by atoms with Gasteiger partial charge in [-0.3, -0.25) is 4.90 Å². The zero-order valence-corrected chi connectivity index (χ0v) is 12.3. The summed E-state index contributed by atoms with van der Waals surface area (Å²) in [5.74, 6) is 0.702. The molecular weight excluding hydrogens is 234 g/mol. The van der Waals surface area contributed by atoms with Crippen LogP contribution in [0.4, 0.5) is 0 Å². The molecule has 1 unspecified atom stereocenters. The Labute approximate surface area is 117 Å². The Hall–Kier alpha value is -0.860. The maximum absolute atomic E-state index is 9.09. The van der Waals surface area contributed by atoms with Crippen LogP contribution >= 0.6 is 0 Å². The van der Waals surface area contributed by atoms with Gasteiger partial charge in [0.15, 0.2) is 0 Å². The maximum Gasteiger partial charge on any atom is 0.0433 e. The van der Waals surface area contributed by atoms with E-state index in [1.807, 2.05) is 0 Å². The summed E-state index contributed by atoms with van der Waals surface area (Å²) in [5.41, 5.74) is 1.70. The van der Waals surface area contributed by atoms with Crippen LogP contribution in [0.5, 0.6) is 0 Å². The summed E-state index contributed by atoms with van der Waals surface area (Å²) in [6.07, 6.45) is 4.55. The van der Waals surface area contributed by atoms with Crippen LogP contribution in [-0.4, -0.2) is 35.2 Å². The Morgan fingerprint density at radius 1 is 1.26 bits per heavy atom. The van der Waals surface area contributed by atoms with Crippen molar-refractivity contribution in [1.29, 1.82) is 0 Å². The van der Waals surface area contributed by atoms with E-state index >= 15 is 0 Å². The zero-order valence-electron chi connectivity index (χ0n) is 12.3. The molecule has 1 saturated heterocycles. The van der Waals surface area contributed by atoms with Gasteiger partial charge in [0.25, 0.3) is 0 Å². The molecule has 1 aromatic carbocycles. The number of benzene rings is 1. The van der Waals surface area contributed by atoms with Crippen LogP contribution in [0, 0.1) is 5.92 Å². The molecule has 0 amide bonds. The second kappa shape index (κ2) is 6.53. The summed E-state index contributed by atoms with van der Waals surface area (Å²) >= 11 is 0. The van der Waals surface area contributed by atoms with E-state index in [4.69, 9.17) is 5.11 Å². The minimum atomic E-state index is 0.271. The average molecular weight is 261 g/mol. The minimum Gasteiger partial charge on any atom is -0.396 e. The van der Waals surface area contributed by atoms with Gasteiger partial charge in [-0.05, 0) is 57.6 Å². The first kappa shape index (κ1) is 14.5. The van der Waals surface area contributed by atoms with Crippen molar-refractivity contribution in [1.82, 2.24) is 4.90 Å². The Morgan fingerprint density at radius 3 is 2.63 bits per heavy atom. The van der Waals surface area contributed by atoms with Gasteiger partial charge in [0.2, 0.25) is 0 Å². The molecule has 1 aromatic rings. The molecule has 0 aliphatic carbocycles. The molecule has 2 heteroatoms. The molecule has 1 N–H and O–H groups in total. The van der Waals surface area contributed by atoms with Crippen molar-refractivity contribution in [3.05, 3.63) is 35.9 Å². The number of aliphatic hydroxyl groups excluding tert-OH is 1. The van der Waals surface area contributed by atoms with Crippen molar-refractivity contribution in [3.63, 3.8) is 0 Å². The summed E-state index contributed by atoms with van der Waals surface area (Å²) in [5, 5.41) is 9.09. The lowest BCUT2D eigenvalue weighted by molar-refractivity contribution is 0.0401. The summed E-state index contributed by atoms with van der Waals surface area (Å²) in [6, 6.07) is 10.7. The largest absolute Gasteiger partial charge is 0.396 e. The third kappa shape index (κ3) is 4.05. The van der Waals surface area contributed by atoms with E-state index in [-0.39, 0.29) is 5.54 Å². The maximum atomic E-state index is 9.09. The Morgan fingerprint density at radius 2 is 2.00 bits per heavy atom. The van der Waals surface area contributed by atoms with Crippen LogP contribution < -0.4 is 0 Å². The predicted octanol–water partition coefficient (Wildman–Crippen LogP) is 3.10. The zero-order chi connectivity index (χ0) is 13.7. The molecule has 2 nitrogen and oxygen atoms in total. The molecular formula is C17H27NO. The van der Waals surface area contributed by atoms with E-state index < -0.39 is 0 Å². The fraction of sp³-hybridized carbons (Fsp3) is 0.647. The quantitative estimate of drug-likeness (QED) is 0.880. The van der Waals surface area contributed by atoms with Crippen LogP contribution in [0.25, 0.3) is 0 Å². The molecule has 106 valence electrons. The Balaban J connectivity index is 1.87. The van der Waals surface area contributed by atoms with E-state index in [9.17, 15) is 0 Å². The molecule has 2 rings (SSSR count). The average Bonchev–Trinajstić information content (AvgIpc) is 2.38. The summed E-state index contributed by atoms with van der Waals surface area (Å²) in [4.78, 5) is 2.62. The molecule has 1 heterocycles. The second-order valence-electron chi connectivity index (χ2n) is 6.41. The highest BCUT2D eigenvalue weighted by Gasteiger charge is 2.33. The number of piperidine rings is 1. The van der Waals surface area contributed by atoms with Crippen molar-refractivity contribution < 1.29 is 5.11 Å². The third-order valence-corrected chi connectivity index (χ3v) is 4.50. The molecule has 1 fully saturated rings. The Bertz CT molecular complexity index is 374. The van der Waals surface area contributed by atoms with Crippen molar-refractivity contribution in [3.8, 4) is 0 Å². The summed E-state index contributed by atoms with van der Waals surface area (Å²) in [7, 11) is 0. The SMILES string of the molecule is CC1(C)CC(CCO)CCN1CCc1ccccc1. The van der Waals surface area contributed by atoms with Crippen molar-refractivity contribution in [2.45, 2.75) is 45.1 Å². The van der Waals surface area contributed by atoms with Gasteiger partial charge in [-0.15, -0.1) is 0 Å². The molecule has 19 heavy (non-hydrogen) atoms. The topological polar surface area (TPSA) is 23.5 Å². The standard InChI is InChI=1S/C17H27NO/c1-17(2)14-16(10-13-19)9-12-18(17)11-8-15-6-4-3-5-7-15/h3-7,16,19H,8-14H2,1-2H3. The number of nitrogens with zero attached hydrogens (tertiary/aromatic N) is 1. The first-order valence-electron chi connectivity index (χ1n) is 7.51. The van der Waals surface area contributed by atoms with E-state index in [1.54, 1.807) is 0 Å². The van der Waals surface area contributed by atoms with Crippen molar-refractivity contribution >= 4 is 0 Å². The number of hydrogen-bond donors (Lipinski definition) is 1. The van der Waals surface area contributed by atoms with E-state index in [1.165, 1.54) is 24.9 Å². The molecule has 0 bridgehead atoms. The number of aliphatic hydroxyl groups is 1. The number of hydrogen-bond acceptors (Lipinski definition) is 2. The van der Waals surface area contributed by atoms with Gasteiger partial charge < -0.3 is 5.11 Å². The molecule has 1 aliphatic rings. The highest BCUT2D eigenvalue weighted by molar-refractivity contribution is 5.15. The fourth-order valence-electron chi connectivity index (χ4n) is 3.33. The van der Waals surface area contributed by atoms with E-state index in [2.05, 4.69) is 49.1 Å². The summed E-state index contributed by atoms with van der Waals surface area (Å²) in [6.45, 7) is 7.35. The smallest absolute Gasteiger partial charge is 0.0433 e. The van der Waals surface area contributed by atoms with Crippen LogP contribution in [0.3, 0.4) is 0 Å². The first-order valence-corrected chi connectivity index (χ1v) is 7.51. The van der Waals surface area contributed by atoms with Gasteiger partial charge in [-0.25, -0.2) is 0 Å². The van der Waals surface area contributed by atoms with Crippen LogP contribution in [0.1, 0.15) is 38.7 Å². The van der Waals surface area contributed by atoms with Crippen LogP contribution in [0.2, 0.25) is 0 Å². The van der Waals surface area contributed by atoms with Crippen molar-refractivity contribution in [2.75, 3.05) is 19.7 Å². The van der Waals surface area contributed by atoms with E-state index in [0.29, 0.717) is 12.5 Å². The van der Waals surface area contributed by atoms with E-state index in [0.717, 1.165) is 19.4 Å². The van der Waals surface area contributed by atoms with Gasteiger partial charge in [-0.2, -0.15) is 0 Å². The normalized spacial score (nSPS) is 23.4. The third-order valence-electron chi connectivity index (χ3n) is 4.50. The predicted molar refractivity (Wildman–Crippen MR) is 80.2 cm³/mol.